The molecular formula is C14H18N4O3S2. The van der Waals surface area contributed by atoms with Crippen LogP contribution in [0.25, 0.3) is 0 Å². The van der Waals surface area contributed by atoms with Crippen LogP contribution < -0.4 is 10.0 Å². The highest BCUT2D eigenvalue weighted by molar-refractivity contribution is 7.91. The number of nitrogens with zero attached hydrogens (tertiary/aromatic N) is 2. The number of amides is 1. The van der Waals surface area contributed by atoms with Gasteiger partial charge in [-0.15, -0.1) is 10.2 Å². The minimum atomic E-state index is -3.80. The Morgan fingerprint density at radius 3 is 2.52 bits per heavy atom. The number of nitrogens with one attached hydrogen (secondary N) is 2. The molecule has 0 aliphatic heterocycles. The van der Waals surface area contributed by atoms with Crippen LogP contribution in [0, 0.1) is 13.8 Å². The fourth-order valence-corrected chi connectivity index (χ4v) is 4.10. The van der Waals surface area contributed by atoms with Gasteiger partial charge in [-0.2, -0.15) is 0 Å². The van der Waals surface area contributed by atoms with Crippen molar-refractivity contribution in [3.63, 3.8) is 0 Å². The predicted molar refractivity (Wildman–Crippen MR) is 88.9 cm³/mol. The Morgan fingerprint density at radius 2 is 1.91 bits per heavy atom. The zero-order valence-corrected chi connectivity index (χ0v) is 14.9. The molecule has 124 valence electrons. The van der Waals surface area contributed by atoms with E-state index in [1.54, 1.807) is 6.92 Å². The molecule has 0 saturated heterocycles. The van der Waals surface area contributed by atoms with E-state index in [0.29, 0.717) is 0 Å². The van der Waals surface area contributed by atoms with Crippen LogP contribution in [0.1, 0.15) is 36.6 Å². The molecular weight excluding hydrogens is 336 g/mol. The van der Waals surface area contributed by atoms with Gasteiger partial charge in [0.15, 0.2) is 0 Å². The quantitative estimate of drug-likeness (QED) is 0.801. The van der Waals surface area contributed by atoms with Crippen molar-refractivity contribution in [3.05, 3.63) is 34.9 Å². The topological polar surface area (TPSA) is 101 Å². The molecule has 23 heavy (non-hydrogen) atoms. The molecule has 0 aliphatic carbocycles. The summed E-state index contributed by atoms with van der Waals surface area (Å²) in [7, 11) is -3.80. The lowest BCUT2D eigenvalue weighted by Crippen LogP contribution is -2.26. The highest BCUT2D eigenvalue weighted by Crippen LogP contribution is 2.23. The highest BCUT2D eigenvalue weighted by Gasteiger charge is 2.23. The third kappa shape index (κ3) is 4.34. The fourth-order valence-electron chi connectivity index (χ4n) is 1.90. The molecule has 2 aromatic rings. The number of carbonyl (C=O) groups is 1. The molecule has 0 spiro atoms. The van der Waals surface area contributed by atoms with Crippen molar-refractivity contribution < 1.29 is 13.2 Å². The number of hydrogen-bond donors (Lipinski definition) is 2. The third-order valence-electron chi connectivity index (χ3n) is 3.28. The summed E-state index contributed by atoms with van der Waals surface area (Å²) in [5, 5.41) is 9.83. The van der Waals surface area contributed by atoms with Crippen molar-refractivity contribution in [2.45, 2.75) is 38.1 Å². The van der Waals surface area contributed by atoms with Crippen LogP contribution in [0.5, 0.6) is 0 Å². The summed E-state index contributed by atoms with van der Waals surface area (Å²) < 4.78 is 27.1. The first-order valence-corrected chi connectivity index (χ1v) is 9.19. The van der Waals surface area contributed by atoms with Crippen LogP contribution in [0.2, 0.25) is 0 Å². The van der Waals surface area contributed by atoms with E-state index in [0.717, 1.165) is 28.0 Å². The number of hydrogen-bond acceptors (Lipinski definition) is 6. The molecule has 0 unspecified atom stereocenters. The molecule has 0 fully saturated rings. The second-order valence-corrected chi connectivity index (χ2v) is 8.11. The van der Waals surface area contributed by atoms with Gasteiger partial charge in [0.05, 0.1) is 0 Å². The predicted octanol–water partition coefficient (Wildman–Crippen LogP) is 2.15. The first kappa shape index (κ1) is 17.5. The van der Waals surface area contributed by atoms with Gasteiger partial charge in [0, 0.05) is 13.0 Å². The average molecular weight is 354 g/mol. The van der Waals surface area contributed by atoms with Crippen LogP contribution in [0.3, 0.4) is 0 Å². The normalized spacial score (nSPS) is 12.9. The van der Waals surface area contributed by atoms with Crippen LogP contribution in [-0.2, 0) is 14.8 Å². The van der Waals surface area contributed by atoms with E-state index in [1.165, 1.54) is 6.92 Å². The lowest BCUT2D eigenvalue weighted by Gasteiger charge is -2.14. The number of benzene rings is 1. The van der Waals surface area contributed by atoms with Crippen molar-refractivity contribution >= 4 is 32.4 Å². The molecule has 0 radical (unpaired) electrons. The second kappa shape index (κ2) is 6.73. The molecule has 1 atom stereocenters. The molecule has 9 heteroatoms. The van der Waals surface area contributed by atoms with Gasteiger partial charge in [-0.1, -0.05) is 29.5 Å². The van der Waals surface area contributed by atoms with Gasteiger partial charge >= 0.3 is 0 Å². The van der Waals surface area contributed by atoms with Gasteiger partial charge in [0.2, 0.25) is 15.4 Å². The fraction of sp³-hybridized carbons (Fsp3) is 0.357. The molecule has 1 amide bonds. The molecule has 0 saturated carbocycles. The van der Waals surface area contributed by atoms with E-state index in [9.17, 15) is 13.2 Å². The van der Waals surface area contributed by atoms with E-state index in [4.69, 9.17) is 0 Å². The molecule has 2 rings (SSSR count). The Kier molecular flexibility index (Phi) is 5.12. The first-order valence-electron chi connectivity index (χ1n) is 6.89. The molecule has 1 heterocycles. The van der Waals surface area contributed by atoms with Crippen LogP contribution in [0.15, 0.2) is 22.5 Å². The SMILES string of the molecule is CC(=O)Nc1nnc(S(=O)(=O)N[C@@H](C)c2ccc(C)c(C)c2)s1. The minimum Gasteiger partial charge on any atom is -0.301 e. The maximum Gasteiger partial charge on any atom is 0.270 e. The number of aromatic nitrogens is 2. The van der Waals surface area contributed by atoms with Crippen LogP contribution >= 0.6 is 11.3 Å². The van der Waals surface area contributed by atoms with Crippen molar-refractivity contribution in [2.75, 3.05) is 5.32 Å². The van der Waals surface area contributed by atoms with Gasteiger partial charge in [-0.05, 0) is 37.5 Å². The van der Waals surface area contributed by atoms with Gasteiger partial charge < -0.3 is 5.32 Å². The van der Waals surface area contributed by atoms with E-state index in [1.807, 2.05) is 32.0 Å². The lowest BCUT2D eigenvalue weighted by molar-refractivity contribution is -0.114. The zero-order valence-electron chi connectivity index (χ0n) is 13.2. The van der Waals surface area contributed by atoms with E-state index < -0.39 is 16.1 Å². The standard InChI is InChI=1S/C14H18N4O3S2/c1-8-5-6-12(7-9(8)2)10(3)18-23(20,21)14-17-16-13(22-14)15-11(4)19/h5-7,10,18H,1-4H3,(H,15,16,19)/t10-/m0/s1. The summed E-state index contributed by atoms with van der Waals surface area (Å²) in [6.45, 7) is 7.05. The van der Waals surface area contributed by atoms with Crippen molar-refractivity contribution in [1.82, 2.24) is 14.9 Å². The number of sulfonamides is 1. The number of carbonyl (C=O) groups excluding carboxylic acids is 1. The van der Waals surface area contributed by atoms with E-state index in [2.05, 4.69) is 20.2 Å². The summed E-state index contributed by atoms with van der Waals surface area (Å²) in [6.07, 6.45) is 0. The van der Waals surface area contributed by atoms with Gasteiger partial charge in [0.25, 0.3) is 10.0 Å². The van der Waals surface area contributed by atoms with E-state index >= 15 is 0 Å². The van der Waals surface area contributed by atoms with Crippen LogP contribution in [-0.4, -0.2) is 24.5 Å². The number of anilines is 1. The smallest absolute Gasteiger partial charge is 0.270 e. The Labute approximate surface area is 139 Å². The largest absolute Gasteiger partial charge is 0.301 e. The molecule has 7 nitrogen and oxygen atoms in total. The second-order valence-electron chi connectivity index (χ2n) is 5.24. The van der Waals surface area contributed by atoms with Crippen molar-refractivity contribution in [2.24, 2.45) is 0 Å². The molecule has 0 bridgehead atoms. The lowest BCUT2D eigenvalue weighted by atomic mass is 10.0. The highest BCUT2D eigenvalue weighted by atomic mass is 32.2. The number of rotatable bonds is 5. The summed E-state index contributed by atoms with van der Waals surface area (Å²) in [5.74, 6) is -0.332. The van der Waals surface area contributed by atoms with Gasteiger partial charge in [0.1, 0.15) is 0 Å². The van der Waals surface area contributed by atoms with Gasteiger partial charge in [-0.3, -0.25) is 4.79 Å². The summed E-state index contributed by atoms with van der Waals surface area (Å²) in [4.78, 5) is 11.0. The third-order valence-corrected chi connectivity index (χ3v) is 6.03. The van der Waals surface area contributed by atoms with Gasteiger partial charge in [-0.25, -0.2) is 13.1 Å². The summed E-state index contributed by atoms with van der Waals surface area (Å²) in [6, 6.07) is 5.38. The first-order chi connectivity index (χ1) is 10.7. The zero-order chi connectivity index (χ0) is 17.2. The Morgan fingerprint density at radius 1 is 1.22 bits per heavy atom. The molecule has 1 aromatic heterocycles. The minimum absolute atomic E-state index is 0.150. The Bertz CT molecular complexity index is 830. The Hall–Kier alpha value is -1.84. The summed E-state index contributed by atoms with van der Waals surface area (Å²) >= 11 is 0.806. The molecule has 2 N–H and O–H groups in total. The summed E-state index contributed by atoms with van der Waals surface area (Å²) in [5.41, 5.74) is 3.11. The molecule has 1 aromatic carbocycles. The molecule has 0 aliphatic rings. The monoisotopic (exact) mass is 354 g/mol. The maximum atomic E-state index is 12.4. The van der Waals surface area contributed by atoms with Crippen LogP contribution in [0.4, 0.5) is 5.13 Å². The maximum absolute atomic E-state index is 12.4. The Balaban J connectivity index is 2.18. The average Bonchev–Trinajstić information content (AvgIpc) is 2.89. The van der Waals surface area contributed by atoms with Crippen molar-refractivity contribution in [1.29, 1.82) is 0 Å². The van der Waals surface area contributed by atoms with Crippen molar-refractivity contribution in [3.8, 4) is 0 Å². The number of aryl methyl sites for hydroxylation is 2. The van der Waals surface area contributed by atoms with E-state index in [-0.39, 0.29) is 15.4 Å².